The van der Waals surface area contributed by atoms with Gasteiger partial charge in [-0.05, 0) is 42.8 Å². The highest BCUT2D eigenvalue weighted by atomic mass is 19.1. The lowest BCUT2D eigenvalue weighted by Gasteiger charge is -2.08. The SMILES string of the molecule is Cc1cc(F)ccc1C(=O)Nc1ccccc1F. The lowest BCUT2D eigenvalue weighted by Crippen LogP contribution is -2.14. The third-order valence-electron chi connectivity index (χ3n) is 2.56. The number of benzene rings is 2. The second kappa shape index (κ2) is 4.96. The maximum absolute atomic E-state index is 13.4. The summed E-state index contributed by atoms with van der Waals surface area (Å²) < 4.78 is 26.3. The highest BCUT2D eigenvalue weighted by Crippen LogP contribution is 2.16. The van der Waals surface area contributed by atoms with Gasteiger partial charge in [0.1, 0.15) is 11.6 Å². The van der Waals surface area contributed by atoms with Gasteiger partial charge < -0.3 is 5.32 Å². The van der Waals surface area contributed by atoms with Crippen molar-refractivity contribution in [2.45, 2.75) is 6.92 Å². The molecule has 0 bridgehead atoms. The van der Waals surface area contributed by atoms with Crippen molar-refractivity contribution in [2.24, 2.45) is 0 Å². The second-order valence-corrected chi connectivity index (χ2v) is 3.89. The van der Waals surface area contributed by atoms with E-state index in [0.717, 1.165) is 0 Å². The van der Waals surface area contributed by atoms with Crippen LogP contribution in [0.5, 0.6) is 0 Å². The molecule has 0 heterocycles. The van der Waals surface area contributed by atoms with Crippen molar-refractivity contribution < 1.29 is 13.6 Å². The van der Waals surface area contributed by atoms with Gasteiger partial charge in [0.25, 0.3) is 5.91 Å². The maximum atomic E-state index is 13.4. The number of nitrogens with one attached hydrogen (secondary N) is 1. The first-order valence-corrected chi connectivity index (χ1v) is 5.40. The van der Waals surface area contributed by atoms with Gasteiger partial charge in [0.2, 0.25) is 0 Å². The molecule has 0 aromatic heterocycles. The molecule has 4 heteroatoms. The van der Waals surface area contributed by atoms with E-state index in [1.807, 2.05) is 0 Å². The van der Waals surface area contributed by atoms with Crippen molar-refractivity contribution in [1.29, 1.82) is 0 Å². The molecule has 18 heavy (non-hydrogen) atoms. The summed E-state index contributed by atoms with van der Waals surface area (Å²) in [7, 11) is 0. The quantitative estimate of drug-likeness (QED) is 0.864. The number of para-hydroxylation sites is 1. The number of anilines is 1. The molecule has 92 valence electrons. The van der Waals surface area contributed by atoms with Gasteiger partial charge in [-0.25, -0.2) is 8.78 Å². The molecular formula is C14H11F2NO. The van der Waals surface area contributed by atoms with Crippen LogP contribution in [0.4, 0.5) is 14.5 Å². The lowest BCUT2D eigenvalue weighted by molar-refractivity contribution is 0.102. The van der Waals surface area contributed by atoms with Crippen LogP contribution < -0.4 is 5.32 Å². The van der Waals surface area contributed by atoms with Gasteiger partial charge in [-0.15, -0.1) is 0 Å². The molecule has 0 saturated carbocycles. The first-order valence-electron chi connectivity index (χ1n) is 5.40. The number of carbonyl (C=O) groups excluding carboxylic acids is 1. The van der Waals surface area contributed by atoms with E-state index in [-0.39, 0.29) is 5.69 Å². The van der Waals surface area contributed by atoms with Gasteiger partial charge in [0.15, 0.2) is 0 Å². The van der Waals surface area contributed by atoms with Crippen LogP contribution in [0.2, 0.25) is 0 Å². The monoisotopic (exact) mass is 247 g/mol. The Morgan fingerprint density at radius 3 is 2.50 bits per heavy atom. The number of hydrogen-bond donors (Lipinski definition) is 1. The van der Waals surface area contributed by atoms with Gasteiger partial charge in [-0.2, -0.15) is 0 Å². The van der Waals surface area contributed by atoms with E-state index in [1.165, 1.54) is 36.4 Å². The predicted molar refractivity (Wildman–Crippen MR) is 65.5 cm³/mol. The van der Waals surface area contributed by atoms with Crippen LogP contribution in [0.1, 0.15) is 15.9 Å². The Balaban J connectivity index is 2.25. The molecule has 1 amide bonds. The van der Waals surface area contributed by atoms with E-state index in [0.29, 0.717) is 11.1 Å². The van der Waals surface area contributed by atoms with Crippen LogP contribution in [0.15, 0.2) is 42.5 Å². The third kappa shape index (κ3) is 2.53. The van der Waals surface area contributed by atoms with Crippen molar-refractivity contribution >= 4 is 11.6 Å². The molecule has 2 nitrogen and oxygen atoms in total. The Morgan fingerprint density at radius 2 is 1.83 bits per heavy atom. The summed E-state index contributed by atoms with van der Waals surface area (Å²) in [5.41, 5.74) is 0.926. The Labute approximate surface area is 103 Å². The average molecular weight is 247 g/mol. The van der Waals surface area contributed by atoms with Gasteiger partial charge in [0.05, 0.1) is 5.69 Å². The standard InChI is InChI=1S/C14H11F2NO/c1-9-8-10(15)6-7-11(9)14(18)17-13-5-3-2-4-12(13)16/h2-8H,1H3,(H,17,18). The normalized spacial score (nSPS) is 10.2. The van der Waals surface area contributed by atoms with E-state index in [2.05, 4.69) is 5.32 Å². The van der Waals surface area contributed by atoms with E-state index in [9.17, 15) is 13.6 Å². The molecule has 0 aliphatic carbocycles. The summed E-state index contributed by atoms with van der Waals surface area (Å²) in [4.78, 5) is 11.9. The van der Waals surface area contributed by atoms with Crippen LogP contribution in [-0.2, 0) is 0 Å². The maximum Gasteiger partial charge on any atom is 0.256 e. The zero-order chi connectivity index (χ0) is 13.1. The molecule has 0 aliphatic heterocycles. The number of aryl methyl sites for hydroxylation is 1. The van der Waals surface area contributed by atoms with E-state index in [1.54, 1.807) is 13.0 Å². The molecule has 0 fully saturated rings. The van der Waals surface area contributed by atoms with Crippen molar-refractivity contribution in [3.63, 3.8) is 0 Å². The van der Waals surface area contributed by atoms with Crippen LogP contribution in [0, 0.1) is 18.6 Å². The highest BCUT2D eigenvalue weighted by Gasteiger charge is 2.11. The molecule has 0 spiro atoms. The van der Waals surface area contributed by atoms with Gasteiger partial charge in [-0.3, -0.25) is 4.79 Å². The van der Waals surface area contributed by atoms with E-state index < -0.39 is 17.5 Å². The molecule has 0 radical (unpaired) electrons. The second-order valence-electron chi connectivity index (χ2n) is 3.89. The van der Waals surface area contributed by atoms with Gasteiger partial charge in [0, 0.05) is 5.56 Å². The summed E-state index contributed by atoms with van der Waals surface area (Å²) >= 11 is 0. The summed E-state index contributed by atoms with van der Waals surface area (Å²) in [6.07, 6.45) is 0. The Bertz CT molecular complexity index is 596. The fourth-order valence-corrected chi connectivity index (χ4v) is 1.63. The zero-order valence-electron chi connectivity index (χ0n) is 9.71. The zero-order valence-corrected chi connectivity index (χ0v) is 9.71. The Kier molecular flexibility index (Phi) is 3.37. The minimum atomic E-state index is -0.509. The van der Waals surface area contributed by atoms with Crippen molar-refractivity contribution in [1.82, 2.24) is 0 Å². The first kappa shape index (κ1) is 12.2. The predicted octanol–water partition coefficient (Wildman–Crippen LogP) is 3.53. The fourth-order valence-electron chi connectivity index (χ4n) is 1.63. The largest absolute Gasteiger partial charge is 0.319 e. The lowest BCUT2D eigenvalue weighted by atomic mass is 10.1. The minimum Gasteiger partial charge on any atom is -0.319 e. The van der Waals surface area contributed by atoms with E-state index >= 15 is 0 Å². The van der Waals surface area contributed by atoms with Crippen molar-refractivity contribution in [3.05, 3.63) is 65.2 Å². The molecule has 0 atom stereocenters. The molecule has 2 aromatic carbocycles. The Morgan fingerprint density at radius 1 is 1.11 bits per heavy atom. The van der Waals surface area contributed by atoms with Gasteiger partial charge >= 0.3 is 0 Å². The highest BCUT2D eigenvalue weighted by molar-refractivity contribution is 6.05. The summed E-state index contributed by atoms with van der Waals surface area (Å²) in [6.45, 7) is 1.62. The molecule has 1 N–H and O–H groups in total. The molecule has 2 rings (SSSR count). The molecule has 2 aromatic rings. The number of halogens is 2. The number of hydrogen-bond acceptors (Lipinski definition) is 1. The third-order valence-corrected chi connectivity index (χ3v) is 2.56. The molecule has 0 unspecified atom stereocenters. The van der Waals surface area contributed by atoms with Crippen molar-refractivity contribution in [3.8, 4) is 0 Å². The van der Waals surface area contributed by atoms with E-state index in [4.69, 9.17) is 0 Å². The fraction of sp³-hybridized carbons (Fsp3) is 0.0714. The summed E-state index contributed by atoms with van der Waals surface area (Å²) in [5, 5.41) is 2.45. The first-order chi connectivity index (χ1) is 8.58. The van der Waals surface area contributed by atoms with Crippen LogP contribution in [0.25, 0.3) is 0 Å². The van der Waals surface area contributed by atoms with Crippen molar-refractivity contribution in [2.75, 3.05) is 5.32 Å². The molecule has 0 aliphatic rings. The smallest absolute Gasteiger partial charge is 0.256 e. The number of carbonyl (C=O) groups is 1. The minimum absolute atomic E-state index is 0.103. The van der Waals surface area contributed by atoms with Crippen LogP contribution in [0.3, 0.4) is 0 Å². The average Bonchev–Trinajstić information content (AvgIpc) is 2.32. The van der Waals surface area contributed by atoms with Crippen LogP contribution >= 0.6 is 0 Å². The molecule has 0 saturated heterocycles. The Hall–Kier alpha value is -2.23. The van der Waals surface area contributed by atoms with Crippen LogP contribution in [-0.4, -0.2) is 5.91 Å². The summed E-state index contributed by atoms with van der Waals surface area (Å²) in [6, 6.07) is 9.71. The van der Waals surface area contributed by atoms with Gasteiger partial charge in [-0.1, -0.05) is 12.1 Å². The number of rotatable bonds is 2. The topological polar surface area (TPSA) is 29.1 Å². The molecular weight excluding hydrogens is 236 g/mol. The summed E-state index contributed by atoms with van der Waals surface area (Å²) in [5.74, 6) is -1.38. The number of amides is 1.